The van der Waals surface area contributed by atoms with Gasteiger partial charge in [0.15, 0.2) is 0 Å². The Morgan fingerprint density at radius 3 is 2.89 bits per heavy atom. The Balaban J connectivity index is 2.29. The van der Waals surface area contributed by atoms with Gasteiger partial charge in [-0.3, -0.25) is 9.78 Å². The predicted octanol–water partition coefficient (Wildman–Crippen LogP) is 2.11. The number of aryl methyl sites for hydroxylation is 1. The van der Waals surface area contributed by atoms with Gasteiger partial charge in [0.2, 0.25) is 0 Å². The summed E-state index contributed by atoms with van der Waals surface area (Å²) in [4.78, 5) is 15.6. The monoisotopic (exact) mass is 244 g/mol. The molecule has 2 aromatic rings. The van der Waals surface area contributed by atoms with E-state index in [4.69, 9.17) is 5.73 Å². The fourth-order valence-electron chi connectivity index (χ4n) is 1.86. The number of rotatable bonds is 3. The van der Waals surface area contributed by atoms with Crippen LogP contribution < -0.4 is 5.73 Å². The summed E-state index contributed by atoms with van der Waals surface area (Å²) in [5.41, 5.74) is 8.80. The van der Waals surface area contributed by atoms with Crippen LogP contribution >= 0.6 is 0 Å². The third-order valence-electron chi connectivity index (χ3n) is 2.89. The van der Waals surface area contributed by atoms with Crippen molar-refractivity contribution in [3.8, 4) is 0 Å². The summed E-state index contributed by atoms with van der Waals surface area (Å²) in [5, 5.41) is 1.03. The van der Waals surface area contributed by atoms with E-state index in [9.17, 15) is 4.79 Å². The maximum atomic E-state index is 11.2. The molecule has 1 aromatic heterocycles. The largest absolute Gasteiger partial charge is 0.469 e. The molecule has 0 aliphatic heterocycles. The fourth-order valence-corrected chi connectivity index (χ4v) is 1.86. The van der Waals surface area contributed by atoms with Crippen molar-refractivity contribution in [3.05, 3.63) is 41.6 Å². The van der Waals surface area contributed by atoms with E-state index in [0.29, 0.717) is 0 Å². The number of pyridine rings is 1. The smallest absolute Gasteiger partial charge is 0.307 e. The Bertz CT molecular complexity index is 581. The summed E-state index contributed by atoms with van der Waals surface area (Å²) < 4.78 is 4.61. The topological polar surface area (TPSA) is 65.2 Å². The van der Waals surface area contributed by atoms with Gasteiger partial charge in [-0.2, -0.15) is 0 Å². The summed E-state index contributed by atoms with van der Waals surface area (Å²) in [6.07, 6.45) is 0.182. The zero-order valence-electron chi connectivity index (χ0n) is 10.5. The Hall–Kier alpha value is -1.94. The lowest BCUT2D eigenvalue weighted by Gasteiger charge is -2.11. The van der Waals surface area contributed by atoms with Crippen LogP contribution in [0.3, 0.4) is 0 Å². The molecule has 18 heavy (non-hydrogen) atoms. The van der Waals surface area contributed by atoms with Crippen LogP contribution in [0.2, 0.25) is 0 Å². The van der Waals surface area contributed by atoms with E-state index in [-0.39, 0.29) is 18.4 Å². The molecule has 0 amide bonds. The van der Waals surface area contributed by atoms with Crippen LogP contribution in [0.5, 0.6) is 0 Å². The summed E-state index contributed by atoms with van der Waals surface area (Å²) >= 11 is 0. The van der Waals surface area contributed by atoms with Crippen molar-refractivity contribution in [1.82, 2.24) is 4.98 Å². The molecule has 0 aliphatic carbocycles. The van der Waals surface area contributed by atoms with E-state index < -0.39 is 0 Å². The number of esters is 1. The number of methoxy groups -OCH3 is 1. The lowest BCUT2D eigenvalue weighted by molar-refractivity contribution is -0.141. The van der Waals surface area contributed by atoms with E-state index in [1.54, 1.807) is 0 Å². The molecule has 1 unspecified atom stereocenters. The second-order valence-corrected chi connectivity index (χ2v) is 4.29. The number of nitrogens with two attached hydrogens (primary N) is 1. The maximum absolute atomic E-state index is 11.2. The van der Waals surface area contributed by atoms with Crippen LogP contribution in [0.25, 0.3) is 10.9 Å². The minimum absolute atomic E-state index is 0.182. The van der Waals surface area contributed by atoms with Crippen molar-refractivity contribution in [1.29, 1.82) is 0 Å². The molecule has 1 aromatic carbocycles. The minimum atomic E-state index is -0.344. The van der Waals surface area contributed by atoms with Gasteiger partial charge < -0.3 is 10.5 Å². The average molecular weight is 244 g/mol. The highest BCUT2D eigenvalue weighted by Crippen LogP contribution is 2.20. The number of carbonyl (C=O) groups excluding carboxylic acids is 1. The zero-order valence-corrected chi connectivity index (χ0v) is 10.5. The molecule has 0 fully saturated rings. The van der Waals surface area contributed by atoms with Gasteiger partial charge in [-0.05, 0) is 30.7 Å². The molecule has 0 saturated heterocycles. The Kier molecular flexibility index (Phi) is 3.58. The Morgan fingerprint density at radius 2 is 2.17 bits per heavy atom. The second kappa shape index (κ2) is 5.14. The quantitative estimate of drug-likeness (QED) is 0.840. The zero-order chi connectivity index (χ0) is 13.1. The van der Waals surface area contributed by atoms with Gasteiger partial charge in [0.25, 0.3) is 0 Å². The molecule has 4 heteroatoms. The molecular formula is C14H16N2O2. The third-order valence-corrected chi connectivity index (χ3v) is 2.89. The Labute approximate surface area is 106 Å². The van der Waals surface area contributed by atoms with Gasteiger partial charge in [0.1, 0.15) is 0 Å². The van der Waals surface area contributed by atoms with Gasteiger partial charge in [-0.1, -0.05) is 12.1 Å². The molecule has 4 nitrogen and oxygen atoms in total. The van der Waals surface area contributed by atoms with Crippen LogP contribution in [-0.2, 0) is 9.53 Å². The maximum Gasteiger partial charge on any atom is 0.307 e. The predicted molar refractivity (Wildman–Crippen MR) is 70.0 cm³/mol. The highest BCUT2D eigenvalue weighted by molar-refractivity contribution is 5.80. The van der Waals surface area contributed by atoms with E-state index >= 15 is 0 Å². The third kappa shape index (κ3) is 2.65. The number of carbonyl (C=O) groups is 1. The van der Waals surface area contributed by atoms with Crippen molar-refractivity contribution in [3.63, 3.8) is 0 Å². The molecule has 1 heterocycles. The standard InChI is InChI=1S/C14H16N2O2/c1-9-3-4-11-7-10(5-6-13(11)16-9)12(15)8-14(17)18-2/h3-7,12H,8,15H2,1-2H3. The van der Waals surface area contributed by atoms with Crippen LogP contribution in [0, 0.1) is 6.92 Å². The first-order valence-corrected chi connectivity index (χ1v) is 5.80. The summed E-state index contributed by atoms with van der Waals surface area (Å²) in [6.45, 7) is 1.95. The molecule has 0 saturated carbocycles. The summed E-state index contributed by atoms with van der Waals surface area (Å²) in [5.74, 6) is -0.301. The molecule has 0 bridgehead atoms. The highest BCUT2D eigenvalue weighted by Gasteiger charge is 2.12. The highest BCUT2D eigenvalue weighted by atomic mass is 16.5. The molecule has 94 valence electrons. The van der Waals surface area contributed by atoms with Crippen molar-refractivity contribution in [2.24, 2.45) is 5.73 Å². The number of hydrogen-bond donors (Lipinski definition) is 1. The van der Waals surface area contributed by atoms with Gasteiger partial charge in [0.05, 0.1) is 19.0 Å². The van der Waals surface area contributed by atoms with E-state index in [0.717, 1.165) is 22.2 Å². The number of ether oxygens (including phenoxy) is 1. The molecule has 0 aliphatic rings. The first-order chi connectivity index (χ1) is 8.60. The van der Waals surface area contributed by atoms with Crippen LogP contribution in [0.15, 0.2) is 30.3 Å². The number of hydrogen-bond acceptors (Lipinski definition) is 4. The van der Waals surface area contributed by atoms with Crippen molar-refractivity contribution >= 4 is 16.9 Å². The van der Waals surface area contributed by atoms with E-state index in [1.165, 1.54) is 7.11 Å². The second-order valence-electron chi connectivity index (χ2n) is 4.29. The SMILES string of the molecule is COC(=O)CC(N)c1ccc2nc(C)ccc2c1. The number of nitrogens with zero attached hydrogens (tertiary/aromatic N) is 1. The lowest BCUT2D eigenvalue weighted by atomic mass is 10.0. The first kappa shape index (κ1) is 12.5. The summed E-state index contributed by atoms with van der Waals surface area (Å²) in [7, 11) is 1.36. The van der Waals surface area contributed by atoms with Gasteiger partial charge in [-0.25, -0.2) is 0 Å². The van der Waals surface area contributed by atoms with Gasteiger partial charge >= 0.3 is 5.97 Å². The average Bonchev–Trinajstić information content (AvgIpc) is 2.37. The lowest BCUT2D eigenvalue weighted by Crippen LogP contribution is -2.16. The molecule has 2 N–H and O–H groups in total. The van der Waals surface area contributed by atoms with Gasteiger partial charge in [-0.15, -0.1) is 0 Å². The van der Waals surface area contributed by atoms with Crippen molar-refractivity contribution in [2.45, 2.75) is 19.4 Å². The van der Waals surface area contributed by atoms with Crippen molar-refractivity contribution in [2.75, 3.05) is 7.11 Å². The van der Waals surface area contributed by atoms with Crippen LogP contribution in [0.4, 0.5) is 0 Å². The van der Waals surface area contributed by atoms with Gasteiger partial charge in [0, 0.05) is 17.1 Å². The number of aromatic nitrogens is 1. The molecule has 0 spiro atoms. The normalized spacial score (nSPS) is 12.4. The molecular weight excluding hydrogens is 228 g/mol. The van der Waals surface area contributed by atoms with Crippen LogP contribution in [-0.4, -0.2) is 18.1 Å². The number of benzene rings is 1. The Morgan fingerprint density at radius 1 is 1.39 bits per heavy atom. The number of fused-ring (bicyclic) bond motifs is 1. The summed E-state index contributed by atoms with van der Waals surface area (Å²) in [6, 6.07) is 9.42. The van der Waals surface area contributed by atoms with E-state index in [1.807, 2.05) is 37.3 Å². The minimum Gasteiger partial charge on any atom is -0.469 e. The van der Waals surface area contributed by atoms with E-state index in [2.05, 4.69) is 9.72 Å². The van der Waals surface area contributed by atoms with Crippen LogP contribution in [0.1, 0.15) is 23.7 Å². The molecule has 0 radical (unpaired) electrons. The molecule has 2 rings (SSSR count). The molecule has 1 atom stereocenters. The van der Waals surface area contributed by atoms with Crippen molar-refractivity contribution < 1.29 is 9.53 Å². The fraction of sp³-hybridized carbons (Fsp3) is 0.286. The first-order valence-electron chi connectivity index (χ1n) is 5.80.